The Morgan fingerprint density at radius 3 is 3.00 bits per heavy atom. The highest BCUT2D eigenvalue weighted by molar-refractivity contribution is 7.82. The van der Waals surface area contributed by atoms with E-state index < -0.39 is 11.0 Å². The first kappa shape index (κ1) is 8.17. The largest absolute Gasteiger partial charge is 0.378 e. The quantitative estimate of drug-likeness (QED) is 0.645. The van der Waals surface area contributed by atoms with E-state index >= 15 is 0 Å². The number of rotatable bonds is 3. The van der Waals surface area contributed by atoms with Crippen LogP contribution in [0, 0.1) is 0 Å². The van der Waals surface area contributed by atoms with Crippen molar-refractivity contribution < 1.29 is 8.95 Å². The SMILES string of the molecule is NS(=O)CCC1CCCO1. The lowest BCUT2D eigenvalue weighted by Crippen LogP contribution is -2.14. The summed E-state index contributed by atoms with van der Waals surface area (Å²) in [5, 5.41) is 5.09. The Morgan fingerprint density at radius 1 is 1.70 bits per heavy atom. The van der Waals surface area contributed by atoms with Gasteiger partial charge in [0.05, 0.1) is 17.1 Å². The summed E-state index contributed by atoms with van der Waals surface area (Å²) in [6.07, 6.45) is 3.43. The lowest BCUT2D eigenvalue weighted by Gasteiger charge is -2.05. The fraction of sp³-hybridized carbons (Fsp3) is 1.00. The summed E-state index contributed by atoms with van der Waals surface area (Å²) in [5.41, 5.74) is 0. The van der Waals surface area contributed by atoms with Crippen LogP contribution in [0.1, 0.15) is 19.3 Å². The van der Waals surface area contributed by atoms with Gasteiger partial charge >= 0.3 is 0 Å². The molecule has 1 fully saturated rings. The highest BCUT2D eigenvalue weighted by Crippen LogP contribution is 2.14. The van der Waals surface area contributed by atoms with Crippen molar-refractivity contribution in [2.45, 2.75) is 25.4 Å². The van der Waals surface area contributed by atoms with E-state index in [4.69, 9.17) is 9.88 Å². The van der Waals surface area contributed by atoms with Gasteiger partial charge in [0.2, 0.25) is 0 Å². The first-order chi connectivity index (χ1) is 4.79. The van der Waals surface area contributed by atoms with Crippen molar-refractivity contribution in [1.82, 2.24) is 0 Å². The zero-order valence-electron chi connectivity index (χ0n) is 5.91. The molecule has 0 bridgehead atoms. The highest BCUT2D eigenvalue weighted by Gasteiger charge is 2.15. The average molecular weight is 163 g/mol. The molecule has 2 atom stereocenters. The molecule has 10 heavy (non-hydrogen) atoms. The second-order valence-corrected chi connectivity index (χ2v) is 3.68. The van der Waals surface area contributed by atoms with Gasteiger partial charge in [-0.2, -0.15) is 0 Å². The van der Waals surface area contributed by atoms with Crippen LogP contribution in [0.3, 0.4) is 0 Å². The zero-order valence-corrected chi connectivity index (χ0v) is 6.73. The van der Waals surface area contributed by atoms with Gasteiger partial charge in [-0.15, -0.1) is 0 Å². The van der Waals surface area contributed by atoms with Crippen molar-refractivity contribution in [3.63, 3.8) is 0 Å². The van der Waals surface area contributed by atoms with Crippen LogP contribution in [0.25, 0.3) is 0 Å². The average Bonchev–Trinajstić information content (AvgIpc) is 2.34. The van der Waals surface area contributed by atoms with Crippen LogP contribution in [0.15, 0.2) is 0 Å². The van der Waals surface area contributed by atoms with Crippen LogP contribution >= 0.6 is 0 Å². The van der Waals surface area contributed by atoms with E-state index in [0.717, 1.165) is 25.9 Å². The molecule has 3 nitrogen and oxygen atoms in total. The van der Waals surface area contributed by atoms with Crippen LogP contribution in [-0.2, 0) is 15.7 Å². The molecule has 0 aliphatic carbocycles. The summed E-state index contributed by atoms with van der Waals surface area (Å²) in [4.78, 5) is 0. The van der Waals surface area contributed by atoms with E-state index in [2.05, 4.69) is 0 Å². The van der Waals surface area contributed by atoms with Gasteiger partial charge in [0, 0.05) is 12.4 Å². The first-order valence-corrected chi connectivity index (χ1v) is 4.91. The molecular weight excluding hydrogens is 150 g/mol. The Morgan fingerprint density at radius 2 is 2.50 bits per heavy atom. The van der Waals surface area contributed by atoms with Crippen molar-refractivity contribution in [3.05, 3.63) is 0 Å². The van der Waals surface area contributed by atoms with Gasteiger partial charge in [0.25, 0.3) is 0 Å². The van der Waals surface area contributed by atoms with Crippen molar-refractivity contribution >= 4 is 11.0 Å². The summed E-state index contributed by atoms with van der Waals surface area (Å²) in [6, 6.07) is 0. The molecule has 1 aliphatic rings. The Hall–Kier alpha value is 0.0700. The van der Waals surface area contributed by atoms with Gasteiger partial charge in [-0.25, -0.2) is 4.21 Å². The van der Waals surface area contributed by atoms with E-state index in [1.54, 1.807) is 0 Å². The number of hydrogen-bond donors (Lipinski definition) is 1. The Labute approximate surface area is 63.5 Å². The molecule has 1 heterocycles. The van der Waals surface area contributed by atoms with Gasteiger partial charge in [-0.1, -0.05) is 0 Å². The fourth-order valence-corrected chi connectivity index (χ4v) is 1.61. The summed E-state index contributed by atoms with van der Waals surface area (Å²) in [6.45, 7) is 0.863. The van der Waals surface area contributed by atoms with Crippen LogP contribution in [0.5, 0.6) is 0 Å². The standard InChI is InChI=1S/C6H13NO2S/c7-10(8)5-3-6-2-1-4-9-6/h6H,1-5,7H2. The van der Waals surface area contributed by atoms with E-state index in [1.165, 1.54) is 0 Å². The molecule has 4 heteroatoms. The normalized spacial score (nSPS) is 28.7. The van der Waals surface area contributed by atoms with Crippen LogP contribution < -0.4 is 5.14 Å². The Balaban J connectivity index is 2.07. The summed E-state index contributed by atoms with van der Waals surface area (Å²) >= 11 is 0. The monoisotopic (exact) mass is 163 g/mol. The molecule has 2 unspecified atom stereocenters. The van der Waals surface area contributed by atoms with Gasteiger partial charge in [-0.3, -0.25) is 5.14 Å². The summed E-state index contributed by atoms with van der Waals surface area (Å²) < 4.78 is 15.7. The number of hydrogen-bond acceptors (Lipinski definition) is 2. The molecule has 0 radical (unpaired) electrons. The van der Waals surface area contributed by atoms with Gasteiger partial charge in [0.1, 0.15) is 0 Å². The fourth-order valence-electron chi connectivity index (χ4n) is 1.12. The smallest absolute Gasteiger partial charge is 0.0888 e. The predicted octanol–water partition coefficient (Wildman–Crippen LogP) is 0.178. The molecule has 0 saturated carbocycles. The maximum atomic E-state index is 10.4. The van der Waals surface area contributed by atoms with Crippen LogP contribution in [0.2, 0.25) is 0 Å². The molecule has 1 aliphatic heterocycles. The van der Waals surface area contributed by atoms with Crippen molar-refractivity contribution in [1.29, 1.82) is 0 Å². The Bertz CT molecular complexity index is 123. The minimum atomic E-state index is -1.14. The number of nitrogens with two attached hydrogens (primary N) is 1. The molecule has 0 aromatic heterocycles. The lowest BCUT2D eigenvalue weighted by atomic mass is 10.2. The van der Waals surface area contributed by atoms with E-state index in [-0.39, 0.29) is 0 Å². The van der Waals surface area contributed by atoms with Crippen molar-refractivity contribution in [3.8, 4) is 0 Å². The second-order valence-electron chi connectivity index (χ2n) is 2.51. The third-order valence-corrected chi connectivity index (χ3v) is 2.30. The maximum absolute atomic E-state index is 10.4. The predicted molar refractivity (Wildman–Crippen MR) is 40.8 cm³/mol. The molecule has 1 saturated heterocycles. The maximum Gasteiger partial charge on any atom is 0.0888 e. The van der Waals surface area contributed by atoms with Gasteiger partial charge < -0.3 is 4.74 Å². The van der Waals surface area contributed by atoms with E-state index in [9.17, 15) is 4.21 Å². The third-order valence-electron chi connectivity index (χ3n) is 1.67. The topological polar surface area (TPSA) is 52.3 Å². The molecule has 0 aromatic carbocycles. The molecule has 2 N–H and O–H groups in total. The molecule has 0 amide bonds. The minimum absolute atomic E-state index is 0.326. The van der Waals surface area contributed by atoms with E-state index in [0.29, 0.717) is 11.9 Å². The van der Waals surface area contributed by atoms with Crippen molar-refractivity contribution in [2.75, 3.05) is 12.4 Å². The van der Waals surface area contributed by atoms with E-state index in [1.807, 2.05) is 0 Å². The molecule has 0 aromatic rings. The van der Waals surface area contributed by atoms with Gasteiger partial charge in [0.15, 0.2) is 0 Å². The third kappa shape index (κ3) is 2.77. The minimum Gasteiger partial charge on any atom is -0.378 e. The highest BCUT2D eigenvalue weighted by atomic mass is 32.2. The summed E-state index contributed by atoms with van der Waals surface area (Å²) in [5.74, 6) is 0.574. The molecule has 1 rings (SSSR count). The molecule has 0 spiro atoms. The molecular formula is C6H13NO2S. The zero-order chi connectivity index (χ0) is 7.40. The number of ether oxygens (including phenoxy) is 1. The summed E-state index contributed by atoms with van der Waals surface area (Å²) in [7, 11) is -1.14. The molecule has 60 valence electrons. The van der Waals surface area contributed by atoms with Gasteiger partial charge in [-0.05, 0) is 19.3 Å². The van der Waals surface area contributed by atoms with Crippen LogP contribution in [-0.4, -0.2) is 22.7 Å². The van der Waals surface area contributed by atoms with Crippen molar-refractivity contribution in [2.24, 2.45) is 5.14 Å². The lowest BCUT2D eigenvalue weighted by molar-refractivity contribution is 0.109. The first-order valence-electron chi connectivity index (χ1n) is 3.53. The second kappa shape index (κ2) is 4.05. The Kier molecular flexibility index (Phi) is 3.31. The van der Waals surface area contributed by atoms with Crippen LogP contribution in [0.4, 0.5) is 0 Å².